The van der Waals surface area contributed by atoms with Gasteiger partial charge in [-0.1, -0.05) is 19.1 Å². The molecule has 1 heterocycles. The van der Waals surface area contributed by atoms with Crippen LogP contribution in [0.3, 0.4) is 0 Å². The molecule has 1 N–H and O–H groups in total. The molecule has 0 spiro atoms. The average molecular weight is 184 g/mol. The first kappa shape index (κ1) is 9.40. The van der Waals surface area contributed by atoms with Gasteiger partial charge in [0.1, 0.15) is 0 Å². The van der Waals surface area contributed by atoms with Crippen molar-refractivity contribution >= 4 is 18.1 Å². The van der Waals surface area contributed by atoms with E-state index in [2.05, 4.69) is 30.4 Å². The van der Waals surface area contributed by atoms with Crippen LogP contribution in [0, 0.1) is 0 Å². The SMILES string of the molecule is CCc1ccc2c(c1)CCN2.Cl. The highest BCUT2D eigenvalue weighted by atomic mass is 35.5. The van der Waals surface area contributed by atoms with Crippen molar-refractivity contribution in [2.24, 2.45) is 0 Å². The lowest BCUT2D eigenvalue weighted by Crippen LogP contribution is -1.90. The van der Waals surface area contributed by atoms with E-state index in [1.54, 1.807) is 0 Å². The lowest BCUT2D eigenvalue weighted by Gasteiger charge is -2.01. The molecular weight excluding hydrogens is 170 g/mol. The van der Waals surface area contributed by atoms with E-state index in [0.717, 1.165) is 13.0 Å². The molecule has 0 aromatic heterocycles. The van der Waals surface area contributed by atoms with Crippen molar-refractivity contribution in [3.05, 3.63) is 29.3 Å². The summed E-state index contributed by atoms with van der Waals surface area (Å²) in [6.07, 6.45) is 2.34. The maximum Gasteiger partial charge on any atom is 0.0373 e. The Balaban J connectivity index is 0.000000720. The van der Waals surface area contributed by atoms with Crippen LogP contribution in [0.2, 0.25) is 0 Å². The summed E-state index contributed by atoms with van der Waals surface area (Å²) in [5.41, 5.74) is 4.28. The van der Waals surface area contributed by atoms with Crippen LogP contribution in [0.15, 0.2) is 18.2 Å². The van der Waals surface area contributed by atoms with Crippen molar-refractivity contribution in [2.75, 3.05) is 11.9 Å². The first-order valence-electron chi connectivity index (χ1n) is 4.26. The van der Waals surface area contributed by atoms with Crippen molar-refractivity contribution in [1.82, 2.24) is 0 Å². The third-order valence-electron chi connectivity index (χ3n) is 2.29. The molecule has 12 heavy (non-hydrogen) atoms. The molecule has 0 unspecified atom stereocenters. The number of halogens is 1. The maximum absolute atomic E-state index is 3.35. The van der Waals surface area contributed by atoms with E-state index < -0.39 is 0 Å². The molecule has 0 saturated heterocycles. The molecule has 0 atom stereocenters. The summed E-state index contributed by atoms with van der Waals surface area (Å²) in [5, 5.41) is 3.35. The molecule has 1 nitrogen and oxygen atoms in total. The second kappa shape index (κ2) is 3.81. The monoisotopic (exact) mass is 183 g/mol. The molecule has 1 aromatic rings. The van der Waals surface area contributed by atoms with E-state index in [4.69, 9.17) is 0 Å². The predicted octanol–water partition coefficient (Wildman–Crippen LogP) is 2.64. The molecule has 0 saturated carbocycles. The van der Waals surface area contributed by atoms with Crippen LogP contribution in [0.4, 0.5) is 5.69 Å². The van der Waals surface area contributed by atoms with Crippen LogP contribution in [-0.2, 0) is 12.8 Å². The van der Waals surface area contributed by atoms with E-state index >= 15 is 0 Å². The maximum atomic E-state index is 3.35. The van der Waals surface area contributed by atoms with Gasteiger partial charge in [0.15, 0.2) is 0 Å². The molecule has 0 bridgehead atoms. The Morgan fingerprint density at radius 1 is 1.42 bits per heavy atom. The highest BCUT2D eigenvalue weighted by Gasteiger charge is 2.08. The molecule has 1 aromatic carbocycles. The summed E-state index contributed by atoms with van der Waals surface area (Å²) < 4.78 is 0. The van der Waals surface area contributed by atoms with Crippen LogP contribution in [0.5, 0.6) is 0 Å². The fourth-order valence-corrected chi connectivity index (χ4v) is 1.58. The van der Waals surface area contributed by atoms with Gasteiger partial charge in [0, 0.05) is 12.2 Å². The topological polar surface area (TPSA) is 12.0 Å². The lowest BCUT2D eigenvalue weighted by atomic mass is 10.1. The molecule has 1 aliphatic heterocycles. The van der Waals surface area contributed by atoms with Gasteiger partial charge in [0.05, 0.1) is 0 Å². The Hall–Kier alpha value is -0.690. The van der Waals surface area contributed by atoms with Crippen LogP contribution in [0.1, 0.15) is 18.1 Å². The van der Waals surface area contributed by atoms with Gasteiger partial charge in [0.25, 0.3) is 0 Å². The zero-order chi connectivity index (χ0) is 7.68. The first-order chi connectivity index (χ1) is 5.40. The number of nitrogens with one attached hydrogen (secondary N) is 1. The van der Waals surface area contributed by atoms with Crippen molar-refractivity contribution in [1.29, 1.82) is 0 Å². The predicted molar refractivity (Wildman–Crippen MR) is 55.3 cm³/mol. The fraction of sp³-hybridized carbons (Fsp3) is 0.400. The summed E-state index contributed by atoms with van der Waals surface area (Å²) in [7, 11) is 0. The summed E-state index contributed by atoms with van der Waals surface area (Å²) in [4.78, 5) is 0. The molecule has 0 radical (unpaired) electrons. The van der Waals surface area contributed by atoms with Crippen LogP contribution in [0.25, 0.3) is 0 Å². The average Bonchev–Trinajstić information content (AvgIpc) is 2.50. The van der Waals surface area contributed by atoms with Gasteiger partial charge in [-0.2, -0.15) is 0 Å². The minimum absolute atomic E-state index is 0. The third kappa shape index (κ3) is 1.56. The van der Waals surface area contributed by atoms with E-state index in [-0.39, 0.29) is 12.4 Å². The van der Waals surface area contributed by atoms with Gasteiger partial charge in [-0.3, -0.25) is 0 Å². The summed E-state index contributed by atoms with van der Waals surface area (Å²) >= 11 is 0. The number of benzene rings is 1. The minimum atomic E-state index is 0. The van der Waals surface area contributed by atoms with Crippen LogP contribution >= 0.6 is 12.4 Å². The molecule has 0 amide bonds. The molecule has 2 rings (SSSR count). The largest absolute Gasteiger partial charge is 0.384 e. The van der Waals surface area contributed by atoms with Gasteiger partial charge in [-0.05, 0) is 30.0 Å². The van der Waals surface area contributed by atoms with Crippen molar-refractivity contribution < 1.29 is 0 Å². The molecule has 0 aliphatic carbocycles. The summed E-state index contributed by atoms with van der Waals surface area (Å²) in [6, 6.07) is 6.72. The minimum Gasteiger partial charge on any atom is -0.384 e. The number of hydrogen-bond acceptors (Lipinski definition) is 1. The number of hydrogen-bond donors (Lipinski definition) is 1. The number of rotatable bonds is 1. The normalized spacial score (nSPS) is 13.1. The van der Waals surface area contributed by atoms with Crippen molar-refractivity contribution in [3.8, 4) is 0 Å². The first-order valence-corrected chi connectivity index (χ1v) is 4.26. The van der Waals surface area contributed by atoms with Gasteiger partial charge in [0.2, 0.25) is 0 Å². The van der Waals surface area contributed by atoms with E-state index in [9.17, 15) is 0 Å². The quantitative estimate of drug-likeness (QED) is 0.706. The standard InChI is InChI=1S/C10H13N.ClH/c1-2-8-3-4-10-9(7-8)5-6-11-10;/h3-4,7,11H,2,5-6H2,1H3;1H. The van der Waals surface area contributed by atoms with Gasteiger partial charge in [-0.25, -0.2) is 0 Å². The molecule has 1 aliphatic rings. The smallest absolute Gasteiger partial charge is 0.0373 e. The number of fused-ring (bicyclic) bond motifs is 1. The highest BCUT2D eigenvalue weighted by molar-refractivity contribution is 5.85. The zero-order valence-electron chi connectivity index (χ0n) is 7.26. The van der Waals surface area contributed by atoms with Crippen LogP contribution < -0.4 is 5.32 Å². The van der Waals surface area contributed by atoms with Gasteiger partial charge in [-0.15, -0.1) is 12.4 Å². The molecule has 66 valence electrons. The Kier molecular flexibility index (Phi) is 2.99. The Labute approximate surface area is 79.6 Å². The molecule has 2 heteroatoms. The Bertz CT molecular complexity index is 271. The number of anilines is 1. The number of aryl methyl sites for hydroxylation is 1. The fourth-order valence-electron chi connectivity index (χ4n) is 1.58. The second-order valence-electron chi connectivity index (χ2n) is 3.02. The highest BCUT2D eigenvalue weighted by Crippen LogP contribution is 2.22. The van der Waals surface area contributed by atoms with E-state index in [1.807, 2.05) is 0 Å². The summed E-state index contributed by atoms with van der Waals surface area (Å²) in [5.74, 6) is 0. The molecule has 0 fully saturated rings. The Morgan fingerprint density at radius 3 is 3.00 bits per heavy atom. The lowest BCUT2D eigenvalue weighted by molar-refractivity contribution is 1.09. The third-order valence-corrected chi connectivity index (χ3v) is 2.29. The van der Waals surface area contributed by atoms with Gasteiger partial charge < -0.3 is 5.32 Å². The van der Waals surface area contributed by atoms with Gasteiger partial charge >= 0.3 is 0 Å². The van der Waals surface area contributed by atoms with Crippen molar-refractivity contribution in [2.45, 2.75) is 19.8 Å². The van der Waals surface area contributed by atoms with E-state index in [0.29, 0.717) is 0 Å². The molecular formula is C10H14ClN. The summed E-state index contributed by atoms with van der Waals surface area (Å²) in [6.45, 7) is 3.31. The Morgan fingerprint density at radius 2 is 2.25 bits per heavy atom. The van der Waals surface area contributed by atoms with Crippen molar-refractivity contribution in [3.63, 3.8) is 0 Å². The van der Waals surface area contributed by atoms with E-state index in [1.165, 1.54) is 23.2 Å². The van der Waals surface area contributed by atoms with Crippen LogP contribution in [-0.4, -0.2) is 6.54 Å². The second-order valence-corrected chi connectivity index (χ2v) is 3.02. The zero-order valence-corrected chi connectivity index (χ0v) is 8.08.